The number of carbonyl (C=O) groups is 3. The largest absolute Gasteiger partial charge is 0.458 e. The summed E-state index contributed by atoms with van der Waals surface area (Å²) in [6.07, 6.45) is 0.794. The van der Waals surface area contributed by atoms with E-state index in [4.69, 9.17) is 14.2 Å². The zero-order chi connectivity index (χ0) is 14.9. The Morgan fingerprint density at radius 1 is 1.43 bits per heavy atom. The predicted molar refractivity (Wildman–Crippen MR) is 67.7 cm³/mol. The number of ether oxygens (including phenoxy) is 3. The summed E-state index contributed by atoms with van der Waals surface area (Å²) in [5.74, 6) is -0.224. The highest BCUT2D eigenvalue weighted by molar-refractivity contribution is 5.88. The van der Waals surface area contributed by atoms with Crippen LogP contribution in [0, 0.1) is 23.2 Å². The van der Waals surface area contributed by atoms with Crippen LogP contribution in [0.25, 0.3) is 0 Å². The molecule has 0 aromatic rings. The molecule has 6 atom stereocenters. The maximum Gasteiger partial charge on any atom is 0.344 e. The van der Waals surface area contributed by atoms with Crippen molar-refractivity contribution in [2.75, 3.05) is 6.61 Å². The Morgan fingerprint density at radius 2 is 2.19 bits per heavy atom. The molecule has 1 saturated heterocycles. The number of rotatable bonds is 4. The lowest BCUT2D eigenvalue weighted by Gasteiger charge is -2.37. The summed E-state index contributed by atoms with van der Waals surface area (Å²) in [4.78, 5) is 34.7. The van der Waals surface area contributed by atoms with Crippen molar-refractivity contribution >= 4 is 17.9 Å². The Kier molecular flexibility index (Phi) is 2.37. The molecule has 4 aliphatic rings. The highest BCUT2D eigenvalue weighted by Crippen LogP contribution is 2.85. The van der Waals surface area contributed by atoms with Crippen LogP contribution in [0.2, 0.25) is 0 Å². The van der Waals surface area contributed by atoms with Gasteiger partial charge in [0.25, 0.3) is 0 Å². The van der Waals surface area contributed by atoms with Crippen molar-refractivity contribution in [1.29, 1.82) is 0 Å². The van der Waals surface area contributed by atoms with E-state index in [2.05, 4.69) is 6.58 Å². The molecule has 0 amide bonds. The highest BCUT2D eigenvalue weighted by Gasteiger charge is 2.88. The molecule has 3 aliphatic carbocycles. The molecule has 3 saturated carbocycles. The average molecular weight is 292 g/mol. The molecule has 4 fully saturated rings. The second-order valence-electron chi connectivity index (χ2n) is 6.53. The third kappa shape index (κ3) is 1.50. The van der Waals surface area contributed by atoms with Crippen molar-refractivity contribution < 1.29 is 28.6 Å². The van der Waals surface area contributed by atoms with Crippen LogP contribution in [-0.4, -0.2) is 36.7 Å². The van der Waals surface area contributed by atoms with Gasteiger partial charge in [-0.15, -0.1) is 0 Å². The van der Waals surface area contributed by atoms with Crippen molar-refractivity contribution in [3.8, 4) is 0 Å². The van der Waals surface area contributed by atoms with Gasteiger partial charge in [0.1, 0.15) is 12.2 Å². The maximum atomic E-state index is 11.8. The predicted octanol–water partition coefficient (Wildman–Crippen LogP) is 0.599. The summed E-state index contributed by atoms with van der Waals surface area (Å²) < 4.78 is 15.6. The minimum absolute atomic E-state index is 0.0549. The third-order valence-corrected chi connectivity index (χ3v) is 5.56. The van der Waals surface area contributed by atoms with Gasteiger partial charge in [0.2, 0.25) is 0 Å². The van der Waals surface area contributed by atoms with Crippen molar-refractivity contribution in [2.24, 2.45) is 23.2 Å². The molecule has 0 aromatic heterocycles. The Bertz CT molecular complexity index is 581. The number of hydrogen-bond acceptors (Lipinski definition) is 6. The fraction of sp³-hybridized carbons (Fsp3) is 0.667. The van der Waals surface area contributed by atoms with Gasteiger partial charge in [-0.05, 0) is 24.7 Å². The van der Waals surface area contributed by atoms with E-state index >= 15 is 0 Å². The van der Waals surface area contributed by atoms with E-state index in [9.17, 15) is 14.4 Å². The smallest absolute Gasteiger partial charge is 0.344 e. The lowest BCUT2D eigenvalue weighted by atomic mass is 9.69. The molecule has 6 unspecified atom stereocenters. The van der Waals surface area contributed by atoms with Crippen LogP contribution in [0.1, 0.15) is 19.8 Å². The van der Waals surface area contributed by atoms with E-state index < -0.39 is 18.5 Å². The second-order valence-corrected chi connectivity index (χ2v) is 6.53. The van der Waals surface area contributed by atoms with Gasteiger partial charge in [-0.2, -0.15) is 0 Å². The van der Waals surface area contributed by atoms with Crippen LogP contribution in [0.5, 0.6) is 0 Å². The monoisotopic (exact) mass is 292 g/mol. The van der Waals surface area contributed by atoms with Crippen molar-refractivity contribution in [2.45, 2.75) is 32.0 Å². The van der Waals surface area contributed by atoms with E-state index in [1.807, 2.05) is 0 Å². The fourth-order valence-corrected chi connectivity index (χ4v) is 4.75. The molecule has 4 rings (SSSR count). The van der Waals surface area contributed by atoms with Gasteiger partial charge < -0.3 is 14.2 Å². The molecule has 2 bridgehead atoms. The molecule has 0 radical (unpaired) electrons. The average Bonchev–Trinajstić information content (AvgIpc) is 2.89. The molecule has 1 spiro atoms. The Hall–Kier alpha value is -1.85. The van der Waals surface area contributed by atoms with Gasteiger partial charge in [0, 0.05) is 17.4 Å². The first-order valence-electron chi connectivity index (χ1n) is 7.16. The molecule has 6 heteroatoms. The van der Waals surface area contributed by atoms with Crippen LogP contribution in [0.3, 0.4) is 0 Å². The standard InChI is InChI=1S/C15H16O6/c1-6(2)14(18)19-5-10(17)21-12-8-3-7-11-13(12)20-9(16)4-15(7,8)11/h7-8,11-13H,1,3-5H2,2H3. The summed E-state index contributed by atoms with van der Waals surface area (Å²) in [6, 6.07) is 0. The van der Waals surface area contributed by atoms with Gasteiger partial charge >= 0.3 is 17.9 Å². The molecule has 1 heterocycles. The lowest BCUT2D eigenvalue weighted by Crippen LogP contribution is -2.43. The minimum Gasteiger partial charge on any atom is -0.458 e. The molecular formula is C15H16O6. The quantitative estimate of drug-likeness (QED) is 0.429. The third-order valence-electron chi connectivity index (χ3n) is 5.56. The Morgan fingerprint density at radius 3 is 2.90 bits per heavy atom. The summed E-state index contributed by atoms with van der Waals surface area (Å²) >= 11 is 0. The van der Waals surface area contributed by atoms with Gasteiger partial charge in [0.15, 0.2) is 6.61 Å². The van der Waals surface area contributed by atoms with Crippen LogP contribution in [0.15, 0.2) is 12.2 Å². The highest BCUT2D eigenvalue weighted by atomic mass is 16.6. The molecule has 0 N–H and O–H groups in total. The van der Waals surface area contributed by atoms with Gasteiger partial charge in [-0.3, -0.25) is 4.79 Å². The lowest BCUT2D eigenvalue weighted by molar-refractivity contribution is -0.176. The van der Waals surface area contributed by atoms with Crippen LogP contribution in [0.4, 0.5) is 0 Å². The van der Waals surface area contributed by atoms with Crippen LogP contribution in [-0.2, 0) is 28.6 Å². The van der Waals surface area contributed by atoms with Gasteiger partial charge in [-0.1, -0.05) is 6.58 Å². The van der Waals surface area contributed by atoms with Gasteiger partial charge in [-0.25, -0.2) is 9.59 Å². The summed E-state index contributed by atoms with van der Waals surface area (Å²) in [7, 11) is 0. The molecule has 6 nitrogen and oxygen atoms in total. The first kappa shape index (κ1) is 12.9. The van der Waals surface area contributed by atoms with E-state index in [-0.39, 0.29) is 35.1 Å². The SMILES string of the molecule is C=C(C)C(=O)OCC(=O)OC1C2OC(=O)CC34C1CC3C24. The van der Waals surface area contributed by atoms with Gasteiger partial charge in [0.05, 0.1) is 6.42 Å². The van der Waals surface area contributed by atoms with E-state index in [1.165, 1.54) is 6.92 Å². The number of hydrogen-bond donors (Lipinski definition) is 0. The second kappa shape index (κ2) is 3.87. The molecule has 1 aliphatic heterocycles. The topological polar surface area (TPSA) is 78.9 Å². The first-order chi connectivity index (χ1) is 9.95. The van der Waals surface area contributed by atoms with Crippen LogP contribution < -0.4 is 0 Å². The molecule has 112 valence electrons. The molecule has 0 aromatic carbocycles. The maximum absolute atomic E-state index is 11.8. The summed E-state index contributed by atoms with van der Waals surface area (Å²) in [5, 5.41) is 0. The normalized spacial score (nSPS) is 44.0. The Balaban J connectivity index is 1.38. The van der Waals surface area contributed by atoms with E-state index in [0.717, 1.165) is 6.42 Å². The first-order valence-corrected chi connectivity index (χ1v) is 7.16. The van der Waals surface area contributed by atoms with E-state index in [0.29, 0.717) is 18.3 Å². The molecule has 21 heavy (non-hydrogen) atoms. The zero-order valence-electron chi connectivity index (χ0n) is 11.7. The van der Waals surface area contributed by atoms with Crippen molar-refractivity contribution in [1.82, 2.24) is 0 Å². The summed E-state index contributed by atoms with van der Waals surface area (Å²) in [6.45, 7) is 4.51. The molecular weight excluding hydrogens is 276 g/mol. The van der Waals surface area contributed by atoms with Crippen molar-refractivity contribution in [3.05, 3.63) is 12.2 Å². The number of esters is 3. The van der Waals surface area contributed by atoms with E-state index in [1.54, 1.807) is 0 Å². The minimum atomic E-state index is -0.617. The summed E-state index contributed by atoms with van der Waals surface area (Å²) in [5.41, 5.74) is 0.287. The number of carbonyl (C=O) groups excluding carboxylic acids is 3. The Labute approximate surface area is 121 Å². The fourth-order valence-electron chi connectivity index (χ4n) is 4.75. The zero-order valence-corrected chi connectivity index (χ0v) is 11.7. The van der Waals surface area contributed by atoms with Crippen molar-refractivity contribution in [3.63, 3.8) is 0 Å². The van der Waals surface area contributed by atoms with Crippen LogP contribution >= 0.6 is 0 Å².